The average Bonchev–Trinajstić information content (AvgIpc) is 2.72. The molecule has 0 aliphatic carbocycles. The Hall–Kier alpha value is -2.04. The van der Waals surface area contributed by atoms with Crippen LogP contribution in [-0.4, -0.2) is 45.7 Å². The number of rotatable bonds is 8. The van der Waals surface area contributed by atoms with E-state index in [1.807, 2.05) is 6.07 Å². The minimum absolute atomic E-state index is 0.313. The van der Waals surface area contributed by atoms with Crippen LogP contribution in [0.25, 0.3) is 0 Å². The number of hydrogen-bond donors (Lipinski definition) is 1. The molecule has 1 heterocycles. The van der Waals surface area contributed by atoms with Crippen LogP contribution in [0.1, 0.15) is 36.4 Å². The number of likely N-dealkylation sites (N-methyl/N-ethyl adjacent to an activating group) is 1. The van der Waals surface area contributed by atoms with E-state index < -0.39 is 0 Å². The Morgan fingerprint density at radius 1 is 1.04 bits per heavy atom. The molecule has 2 aromatic carbocycles. The van der Waals surface area contributed by atoms with Crippen LogP contribution in [0.15, 0.2) is 48.5 Å². The summed E-state index contributed by atoms with van der Waals surface area (Å²) in [6.07, 6.45) is 4.01. The molecule has 1 N–H and O–H groups in total. The van der Waals surface area contributed by atoms with Crippen molar-refractivity contribution in [2.24, 2.45) is 0 Å². The molecule has 2 aromatic rings. The molecule has 0 saturated carbocycles. The highest BCUT2D eigenvalue weighted by Gasteiger charge is 2.15. The number of ether oxygens (including phenoxy) is 1. The standard InChI is InChI=1S/C23H33N3O/c1-25(2)23(20-8-7-9-22(16-20)27-3)18-24-17-19-10-12-21(13-11-19)26-14-5-4-6-15-26/h7-13,16,23-24H,4-6,14-15,17-18H2,1-3H3/t23-/m0/s1. The summed E-state index contributed by atoms with van der Waals surface area (Å²) < 4.78 is 5.38. The summed E-state index contributed by atoms with van der Waals surface area (Å²) in [5.41, 5.74) is 3.97. The highest BCUT2D eigenvalue weighted by Crippen LogP contribution is 2.23. The fraction of sp³-hybridized carbons (Fsp3) is 0.478. The van der Waals surface area contributed by atoms with E-state index in [-0.39, 0.29) is 0 Å². The van der Waals surface area contributed by atoms with E-state index in [1.54, 1.807) is 7.11 Å². The third kappa shape index (κ3) is 5.47. The molecule has 3 rings (SSSR count). The molecular weight excluding hydrogens is 334 g/mol. The molecule has 146 valence electrons. The Labute approximate surface area is 164 Å². The van der Waals surface area contributed by atoms with Crippen LogP contribution in [0.4, 0.5) is 5.69 Å². The normalized spacial score (nSPS) is 15.8. The molecule has 0 amide bonds. The van der Waals surface area contributed by atoms with Crippen molar-refractivity contribution in [3.8, 4) is 5.75 Å². The molecule has 0 unspecified atom stereocenters. The van der Waals surface area contributed by atoms with Crippen LogP contribution >= 0.6 is 0 Å². The maximum Gasteiger partial charge on any atom is 0.119 e. The van der Waals surface area contributed by atoms with Crippen LogP contribution in [-0.2, 0) is 6.54 Å². The highest BCUT2D eigenvalue weighted by molar-refractivity contribution is 5.47. The Morgan fingerprint density at radius 2 is 1.78 bits per heavy atom. The van der Waals surface area contributed by atoms with Gasteiger partial charge in [0.15, 0.2) is 0 Å². The lowest BCUT2D eigenvalue weighted by molar-refractivity contribution is 0.287. The van der Waals surface area contributed by atoms with Crippen molar-refractivity contribution in [2.75, 3.05) is 45.7 Å². The maximum atomic E-state index is 5.38. The predicted molar refractivity (Wildman–Crippen MR) is 114 cm³/mol. The second-order valence-electron chi connectivity index (χ2n) is 7.60. The maximum absolute atomic E-state index is 5.38. The fourth-order valence-electron chi connectivity index (χ4n) is 3.78. The lowest BCUT2D eigenvalue weighted by atomic mass is 10.1. The smallest absolute Gasteiger partial charge is 0.119 e. The van der Waals surface area contributed by atoms with Gasteiger partial charge < -0.3 is 19.9 Å². The van der Waals surface area contributed by atoms with Crippen LogP contribution in [0, 0.1) is 0 Å². The molecule has 1 fully saturated rings. The van der Waals surface area contributed by atoms with E-state index in [9.17, 15) is 0 Å². The third-order valence-corrected chi connectivity index (χ3v) is 5.43. The van der Waals surface area contributed by atoms with Gasteiger partial charge in [0.25, 0.3) is 0 Å². The van der Waals surface area contributed by atoms with Gasteiger partial charge in [0.2, 0.25) is 0 Å². The Bertz CT molecular complexity index is 693. The molecule has 1 aliphatic heterocycles. The molecule has 0 spiro atoms. The molecule has 4 heteroatoms. The lowest BCUT2D eigenvalue weighted by Gasteiger charge is -2.29. The number of methoxy groups -OCH3 is 1. The summed E-state index contributed by atoms with van der Waals surface area (Å²) in [4.78, 5) is 4.76. The van der Waals surface area contributed by atoms with Gasteiger partial charge in [0, 0.05) is 37.9 Å². The molecule has 27 heavy (non-hydrogen) atoms. The predicted octanol–water partition coefficient (Wildman–Crippen LogP) is 4.08. The lowest BCUT2D eigenvalue weighted by Crippen LogP contribution is -2.31. The number of hydrogen-bond acceptors (Lipinski definition) is 4. The summed E-state index contributed by atoms with van der Waals surface area (Å²) >= 11 is 0. The van der Waals surface area contributed by atoms with Crippen molar-refractivity contribution >= 4 is 5.69 Å². The molecule has 4 nitrogen and oxygen atoms in total. The van der Waals surface area contributed by atoms with Gasteiger partial charge >= 0.3 is 0 Å². The first-order valence-corrected chi connectivity index (χ1v) is 10.0. The van der Waals surface area contributed by atoms with Crippen LogP contribution in [0.3, 0.4) is 0 Å². The first-order valence-electron chi connectivity index (χ1n) is 10.0. The van der Waals surface area contributed by atoms with Crippen LogP contribution < -0.4 is 15.0 Å². The summed E-state index contributed by atoms with van der Waals surface area (Å²) in [7, 11) is 5.97. The molecule has 1 atom stereocenters. The van der Waals surface area contributed by atoms with E-state index in [0.29, 0.717) is 6.04 Å². The van der Waals surface area contributed by atoms with Crippen molar-refractivity contribution in [3.63, 3.8) is 0 Å². The highest BCUT2D eigenvalue weighted by atomic mass is 16.5. The van der Waals surface area contributed by atoms with Crippen molar-refractivity contribution in [2.45, 2.75) is 31.8 Å². The van der Waals surface area contributed by atoms with Gasteiger partial charge in [-0.25, -0.2) is 0 Å². The van der Waals surface area contributed by atoms with Gasteiger partial charge in [0.05, 0.1) is 7.11 Å². The average molecular weight is 368 g/mol. The zero-order valence-corrected chi connectivity index (χ0v) is 16.9. The molecule has 1 saturated heterocycles. The summed E-state index contributed by atoms with van der Waals surface area (Å²) in [6, 6.07) is 17.7. The van der Waals surface area contributed by atoms with Crippen LogP contribution in [0.5, 0.6) is 5.75 Å². The zero-order chi connectivity index (χ0) is 19.1. The number of benzene rings is 2. The minimum atomic E-state index is 0.313. The van der Waals surface area contributed by atoms with Gasteiger partial charge in [-0.1, -0.05) is 24.3 Å². The number of nitrogens with one attached hydrogen (secondary N) is 1. The van der Waals surface area contributed by atoms with Crippen molar-refractivity contribution < 1.29 is 4.74 Å². The minimum Gasteiger partial charge on any atom is -0.497 e. The number of anilines is 1. The Balaban J connectivity index is 1.55. The molecule has 0 radical (unpaired) electrons. The van der Waals surface area contributed by atoms with E-state index in [1.165, 1.54) is 49.2 Å². The van der Waals surface area contributed by atoms with E-state index in [0.717, 1.165) is 18.8 Å². The van der Waals surface area contributed by atoms with Crippen molar-refractivity contribution in [1.82, 2.24) is 10.2 Å². The van der Waals surface area contributed by atoms with Gasteiger partial charge in [0.1, 0.15) is 5.75 Å². The summed E-state index contributed by atoms with van der Waals surface area (Å²) in [6.45, 7) is 4.17. The fourth-order valence-corrected chi connectivity index (χ4v) is 3.78. The molecule has 0 bridgehead atoms. The van der Waals surface area contributed by atoms with E-state index >= 15 is 0 Å². The Morgan fingerprint density at radius 3 is 2.44 bits per heavy atom. The first-order chi connectivity index (χ1) is 13.2. The van der Waals surface area contributed by atoms with Gasteiger partial charge in [-0.3, -0.25) is 0 Å². The van der Waals surface area contributed by atoms with Crippen LogP contribution in [0.2, 0.25) is 0 Å². The molecule has 1 aliphatic rings. The van der Waals surface area contributed by atoms with Gasteiger partial charge in [-0.15, -0.1) is 0 Å². The van der Waals surface area contributed by atoms with E-state index in [2.05, 4.69) is 71.7 Å². The first kappa shape index (κ1) is 19.7. The quantitative estimate of drug-likeness (QED) is 0.761. The monoisotopic (exact) mass is 367 g/mol. The second-order valence-corrected chi connectivity index (χ2v) is 7.60. The number of piperidine rings is 1. The van der Waals surface area contributed by atoms with Crippen molar-refractivity contribution in [3.05, 3.63) is 59.7 Å². The molecule has 0 aromatic heterocycles. The third-order valence-electron chi connectivity index (χ3n) is 5.43. The summed E-state index contributed by atoms with van der Waals surface area (Å²) in [5, 5.41) is 3.62. The SMILES string of the molecule is COc1cccc([C@H](CNCc2ccc(N3CCCCC3)cc2)N(C)C)c1. The topological polar surface area (TPSA) is 27.7 Å². The summed E-state index contributed by atoms with van der Waals surface area (Å²) in [5.74, 6) is 0.910. The van der Waals surface area contributed by atoms with Crippen molar-refractivity contribution in [1.29, 1.82) is 0 Å². The number of nitrogens with zero attached hydrogens (tertiary/aromatic N) is 2. The Kier molecular flexibility index (Phi) is 7.13. The largest absolute Gasteiger partial charge is 0.497 e. The second kappa shape index (κ2) is 9.77. The zero-order valence-electron chi connectivity index (χ0n) is 16.9. The molecular formula is C23H33N3O. The van der Waals surface area contributed by atoms with Gasteiger partial charge in [-0.05, 0) is 68.8 Å². The van der Waals surface area contributed by atoms with E-state index in [4.69, 9.17) is 4.74 Å². The van der Waals surface area contributed by atoms with Gasteiger partial charge in [-0.2, -0.15) is 0 Å².